The molecule has 0 aromatic rings. The third kappa shape index (κ3) is 8.84. The molecule has 1 aliphatic rings. The second-order valence-electron chi connectivity index (χ2n) is 10.6. The predicted molar refractivity (Wildman–Crippen MR) is 141 cm³/mol. The van der Waals surface area contributed by atoms with Crippen LogP contribution in [0.15, 0.2) is 36.3 Å². The third-order valence-corrected chi connectivity index (χ3v) is 6.94. The van der Waals surface area contributed by atoms with E-state index in [-0.39, 0.29) is 35.9 Å². The molecule has 5 heteroatoms. The SMILES string of the molecule is C=C(OCC)/C(C)=C/C(NC(=O)C(NC(=C)C1CCCCN1C(C)C(C)C)C(C)C)C(C)C. The molecule has 1 fully saturated rings. The van der Waals surface area contributed by atoms with E-state index in [4.69, 9.17) is 4.74 Å². The van der Waals surface area contributed by atoms with Gasteiger partial charge in [0.15, 0.2) is 0 Å². The highest BCUT2D eigenvalue weighted by atomic mass is 16.5. The van der Waals surface area contributed by atoms with Gasteiger partial charge < -0.3 is 15.4 Å². The molecule has 0 aromatic heterocycles. The first-order valence-corrected chi connectivity index (χ1v) is 12.9. The molecule has 1 amide bonds. The fourth-order valence-electron chi connectivity index (χ4n) is 4.33. The molecular formula is C28H51N3O2. The van der Waals surface area contributed by atoms with Gasteiger partial charge in [-0.3, -0.25) is 9.69 Å². The first kappa shape index (κ1) is 29.3. The Hall–Kier alpha value is -1.75. The summed E-state index contributed by atoms with van der Waals surface area (Å²) in [6.45, 7) is 29.3. The molecule has 2 N–H and O–H groups in total. The van der Waals surface area contributed by atoms with Crippen LogP contribution in [0.1, 0.15) is 81.6 Å². The van der Waals surface area contributed by atoms with Crippen molar-refractivity contribution < 1.29 is 9.53 Å². The van der Waals surface area contributed by atoms with Crippen molar-refractivity contribution in [1.29, 1.82) is 0 Å². The van der Waals surface area contributed by atoms with Crippen LogP contribution in [0, 0.1) is 17.8 Å². The lowest BCUT2D eigenvalue weighted by Gasteiger charge is -2.43. The summed E-state index contributed by atoms with van der Waals surface area (Å²) in [5.74, 6) is 1.62. The van der Waals surface area contributed by atoms with Crippen molar-refractivity contribution in [2.75, 3.05) is 13.2 Å². The highest BCUT2D eigenvalue weighted by molar-refractivity contribution is 5.82. The van der Waals surface area contributed by atoms with Gasteiger partial charge in [0.1, 0.15) is 11.8 Å². The highest BCUT2D eigenvalue weighted by Gasteiger charge is 2.32. The van der Waals surface area contributed by atoms with Gasteiger partial charge in [0.25, 0.3) is 0 Å². The Morgan fingerprint density at radius 2 is 1.67 bits per heavy atom. The second-order valence-corrected chi connectivity index (χ2v) is 10.6. The second kappa shape index (κ2) is 13.8. The van der Waals surface area contributed by atoms with Gasteiger partial charge in [-0.15, -0.1) is 0 Å². The number of amides is 1. The van der Waals surface area contributed by atoms with Crippen molar-refractivity contribution >= 4 is 5.91 Å². The number of piperidine rings is 1. The van der Waals surface area contributed by atoms with E-state index in [1.165, 1.54) is 12.8 Å². The fourth-order valence-corrected chi connectivity index (χ4v) is 4.33. The Balaban J connectivity index is 2.97. The van der Waals surface area contributed by atoms with Crippen molar-refractivity contribution in [1.82, 2.24) is 15.5 Å². The van der Waals surface area contributed by atoms with Crippen LogP contribution in [-0.2, 0) is 9.53 Å². The van der Waals surface area contributed by atoms with Gasteiger partial charge >= 0.3 is 0 Å². The summed E-state index contributed by atoms with van der Waals surface area (Å²) in [6, 6.07) is 0.318. The molecule has 0 aromatic carbocycles. The van der Waals surface area contributed by atoms with Crippen LogP contribution in [0.25, 0.3) is 0 Å². The average Bonchev–Trinajstić information content (AvgIpc) is 2.75. The molecule has 1 heterocycles. The molecule has 1 saturated heterocycles. The number of likely N-dealkylation sites (tertiary alicyclic amines) is 1. The zero-order chi connectivity index (χ0) is 25.3. The summed E-state index contributed by atoms with van der Waals surface area (Å²) in [5, 5.41) is 6.80. The van der Waals surface area contributed by atoms with Crippen molar-refractivity contribution in [2.45, 2.75) is 106 Å². The van der Waals surface area contributed by atoms with Crippen molar-refractivity contribution in [3.8, 4) is 0 Å². The minimum atomic E-state index is -0.333. The number of ether oxygens (including phenoxy) is 1. The van der Waals surface area contributed by atoms with Crippen LogP contribution in [0.3, 0.4) is 0 Å². The number of carbonyl (C=O) groups is 1. The number of rotatable bonds is 13. The quantitative estimate of drug-likeness (QED) is 0.275. The number of allylic oxidation sites excluding steroid dienone is 1. The molecule has 4 unspecified atom stereocenters. The fraction of sp³-hybridized carbons (Fsp3) is 0.750. The number of nitrogens with zero attached hydrogens (tertiary/aromatic N) is 1. The normalized spacial score (nSPS) is 20.5. The Morgan fingerprint density at radius 3 is 2.18 bits per heavy atom. The first-order valence-electron chi connectivity index (χ1n) is 12.9. The zero-order valence-electron chi connectivity index (χ0n) is 22.8. The molecule has 1 rings (SSSR count). The molecule has 0 spiro atoms. The maximum Gasteiger partial charge on any atom is 0.243 e. The van der Waals surface area contributed by atoms with Gasteiger partial charge in [0.2, 0.25) is 5.91 Å². The lowest BCUT2D eigenvalue weighted by Crippen LogP contribution is -2.55. The van der Waals surface area contributed by atoms with E-state index in [0.717, 1.165) is 24.2 Å². The van der Waals surface area contributed by atoms with E-state index >= 15 is 0 Å². The molecule has 5 nitrogen and oxygen atoms in total. The number of hydrogen-bond donors (Lipinski definition) is 2. The maximum absolute atomic E-state index is 13.4. The van der Waals surface area contributed by atoms with E-state index in [9.17, 15) is 4.79 Å². The van der Waals surface area contributed by atoms with E-state index in [2.05, 4.69) is 83.2 Å². The minimum Gasteiger partial charge on any atom is -0.494 e. The molecule has 0 aliphatic carbocycles. The van der Waals surface area contributed by atoms with Crippen LogP contribution < -0.4 is 10.6 Å². The van der Waals surface area contributed by atoms with E-state index in [1.54, 1.807) is 0 Å². The standard InChI is InChI=1S/C28H51N3O2/c1-12-33-24(11)21(8)17-25(19(4)5)30-28(32)27(20(6)7)29-22(9)26-15-13-14-16-31(26)23(10)18(2)3/h17-20,23,25-27,29H,9,11-16H2,1-8,10H3,(H,30,32)/b21-17+. The monoisotopic (exact) mass is 461 g/mol. The average molecular weight is 462 g/mol. The summed E-state index contributed by atoms with van der Waals surface area (Å²) < 4.78 is 5.54. The smallest absolute Gasteiger partial charge is 0.243 e. The van der Waals surface area contributed by atoms with E-state index < -0.39 is 0 Å². The molecule has 33 heavy (non-hydrogen) atoms. The number of hydrogen-bond acceptors (Lipinski definition) is 4. The summed E-state index contributed by atoms with van der Waals surface area (Å²) in [7, 11) is 0. The van der Waals surface area contributed by atoms with Crippen LogP contribution in [0.4, 0.5) is 0 Å². The van der Waals surface area contributed by atoms with Gasteiger partial charge in [-0.25, -0.2) is 0 Å². The van der Waals surface area contributed by atoms with Gasteiger partial charge in [-0.1, -0.05) is 67.2 Å². The molecular weight excluding hydrogens is 410 g/mol. The largest absolute Gasteiger partial charge is 0.494 e. The van der Waals surface area contributed by atoms with Gasteiger partial charge in [0, 0.05) is 17.8 Å². The van der Waals surface area contributed by atoms with E-state index in [1.807, 2.05) is 13.8 Å². The summed E-state index contributed by atoms with van der Waals surface area (Å²) in [5.41, 5.74) is 1.92. The molecule has 1 aliphatic heterocycles. The van der Waals surface area contributed by atoms with Crippen molar-refractivity contribution in [3.63, 3.8) is 0 Å². The van der Waals surface area contributed by atoms with Gasteiger partial charge in [-0.05, 0) is 63.5 Å². The van der Waals surface area contributed by atoms with Gasteiger partial charge in [0.05, 0.1) is 12.6 Å². The number of carbonyl (C=O) groups excluding carboxylic acids is 1. The zero-order valence-corrected chi connectivity index (χ0v) is 22.8. The van der Waals surface area contributed by atoms with Crippen molar-refractivity contribution in [2.24, 2.45) is 17.8 Å². The summed E-state index contributed by atoms with van der Waals surface area (Å²) in [6.07, 6.45) is 5.57. The van der Waals surface area contributed by atoms with Gasteiger partial charge in [-0.2, -0.15) is 0 Å². The third-order valence-electron chi connectivity index (χ3n) is 6.94. The summed E-state index contributed by atoms with van der Waals surface area (Å²) >= 11 is 0. The minimum absolute atomic E-state index is 0.00943. The summed E-state index contributed by atoms with van der Waals surface area (Å²) in [4.78, 5) is 16.0. The molecule has 4 atom stereocenters. The Morgan fingerprint density at radius 1 is 1.03 bits per heavy atom. The topological polar surface area (TPSA) is 53.6 Å². The Kier molecular flexibility index (Phi) is 12.3. The predicted octanol–water partition coefficient (Wildman–Crippen LogP) is 5.65. The molecule has 0 radical (unpaired) electrons. The van der Waals surface area contributed by atoms with Crippen LogP contribution in [0.5, 0.6) is 0 Å². The lowest BCUT2D eigenvalue weighted by atomic mass is 9.93. The van der Waals surface area contributed by atoms with Crippen LogP contribution >= 0.6 is 0 Å². The van der Waals surface area contributed by atoms with Crippen molar-refractivity contribution in [3.05, 3.63) is 36.3 Å². The molecule has 0 bridgehead atoms. The molecule has 190 valence electrons. The maximum atomic E-state index is 13.4. The Bertz CT molecular complexity index is 681. The lowest BCUT2D eigenvalue weighted by molar-refractivity contribution is -0.124. The highest BCUT2D eigenvalue weighted by Crippen LogP contribution is 2.26. The number of nitrogens with one attached hydrogen (secondary N) is 2. The van der Waals surface area contributed by atoms with Crippen LogP contribution in [-0.4, -0.2) is 48.1 Å². The van der Waals surface area contributed by atoms with Crippen LogP contribution in [0.2, 0.25) is 0 Å². The Labute approximate surface area is 204 Å². The first-order chi connectivity index (χ1) is 15.4. The van der Waals surface area contributed by atoms with E-state index in [0.29, 0.717) is 24.3 Å². The molecule has 0 saturated carbocycles.